The molecule has 0 saturated heterocycles. The van der Waals surface area contributed by atoms with Crippen LogP contribution in [0.3, 0.4) is 0 Å². The first-order valence-electron chi connectivity index (χ1n) is 8.92. The Kier molecular flexibility index (Phi) is 1.80. The summed E-state index contributed by atoms with van der Waals surface area (Å²) in [5, 5.41) is 0. The number of nitrogens with zero attached hydrogens (tertiary/aromatic N) is 1. The highest BCUT2D eigenvalue weighted by Crippen LogP contribution is 2.29. The van der Waals surface area contributed by atoms with Crippen molar-refractivity contribution < 1.29 is 8.22 Å². The fourth-order valence-corrected chi connectivity index (χ4v) is 1.89. The third kappa shape index (κ3) is 2.61. The van der Waals surface area contributed by atoms with Gasteiger partial charge >= 0.3 is 0 Å². The van der Waals surface area contributed by atoms with Crippen molar-refractivity contribution in [2.45, 2.75) is 39.9 Å². The monoisotopic (exact) mass is 245 g/mol. The first-order chi connectivity index (χ1) is 10.8. The molecular formula is C17H21N. The van der Waals surface area contributed by atoms with Gasteiger partial charge in [-0.25, -0.2) is 0 Å². The average Bonchev–Trinajstić information content (AvgIpc) is 2.44. The Morgan fingerprint density at radius 1 is 1.06 bits per heavy atom. The van der Waals surface area contributed by atoms with Gasteiger partial charge in [-0.2, -0.15) is 0 Å². The zero-order valence-electron chi connectivity index (χ0n) is 16.9. The fourth-order valence-electron chi connectivity index (χ4n) is 1.89. The molecule has 0 spiro atoms. The standard InChI is InChI=1S/C17H21N/c1-12-6-9-16(18-11-12)14-8-7-13(2)15(10-14)17(3,4)5/h6-11H,1-5H3/i1D3,2D3. The maximum atomic E-state index is 7.72. The van der Waals surface area contributed by atoms with Crippen molar-refractivity contribution in [2.75, 3.05) is 0 Å². The summed E-state index contributed by atoms with van der Waals surface area (Å²) in [6, 6.07) is 8.35. The van der Waals surface area contributed by atoms with Crippen LogP contribution in [0.25, 0.3) is 11.3 Å². The van der Waals surface area contributed by atoms with Crippen LogP contribution in [-0.4, -0.2) is 4.98 Å². The zero-order valence-corrected chi connectivity index (χ0v) is 10.9. The summed E-state index contributed by atoms with van der Waals surface area (Å²) in [6.07, 6.45) is 1.34. The van der Waals surface area contributed by atoms with Gasteiger partial charge in [-0.3, -0.25) is 4.98 Å². The zero-order chi connectivity index (χ0) is 18.3. The molecule has 2 aromatic rings. The van der Waals surface area contributed by atoms with Crippen LogP contribution >= 0.6 is 0 Å². The van der Waals surface area contributed by atoms with Crippen LogP contribution < -0.4 is 0 Å². The molecule has 1 aromatic carbocycles. The van der Waals surface area contributed by atoms with Crippen LogP contribution in [0.4, 0.5) is 0 Å². The predicted molar refractivity (Wildman–Crippen MR) is 77.8 cm³/mol. The van der Waals surface area contributed by atoms with Gasteiger partial charge in [0.1, 0.15) is 0 Å². The van der Waals surface area contributed by atoms with Gasteiger partial charge < -0.3 is 0 Å². The predicted octanol–water partition coefficient (Wildman–Crippen LogP) is 4.66. The van der Waals surface area contributed by atoms with Gasteiger partial charge in [0.05, 0.1) is 5.69 Å². The Morgan fingerprint density at radius 2 is 1.89 bits per heavy atom. The van der Waals surface area contributed by atoms with E-state index in [1.54, 1.807) is 18.2 Å². The summed E-state index contributed by atoms with van der Waals surface area (Å²) in [6.45, 7) is 1.53. The lowest BCUT2D eigenvalue weighted by Crippen LogP contribution is -2.13. The van der Waals surface area contributed by atoms with Gasteiger partial charge in [-0.05, 0) is 47.9 Å². The van der Waals surface area contributed by atoms with Crippen molar-refractivity contribution in [3.63, 3.8) is 0 Å². The molecule has 0 radical (unpaired) electrons. The third-order valence-corrected chi connectivity index (χ3v) is 2.89. The normalized spacial score (nSPS) is 17.9. The largest absolute Gasteiger partial charge is 0.256 e. The number of rotatable bonds is 1. The van der Waals surface area contributed by atoms with E-state index in [0.29, 0.717) is 11.3 Å². The molecule has 0 aliphatic rings. The molecular weight excluding hydrogens is 218 g/mol. The lowest BCUT2D eigenvalue weighted by atomic mass is 9.83. The third-order valence-electron chi connectivity index (χ3n) is 2.89. The Bertz CT molecular complexity index is 721. The van der Waals surface area contributed by atoms with Crippen molar-refractivity contribution in [1.82, 2.24) is 4.98 Å². The number of hydrogen-bond donors (Lipinski definition) is 0. The van der Waals surface area contributed by atoms with E-state index in [4.69, 9.17) is 8.22 Å². The topological polar surface area (TPSA) is 12.9 Å². The molecule has 1 heteroatoms. The highest BCUT2D eigenvalue weighted by atomic mass is 14.7. The maximum absolute atomic E-state index is 7.72. The first-order valence-corrected chi connectivity index (χ1v) is 5.92. The molecule has 1 nitrogen and oxygen atoms in total. The molecule has 18 heavy (non-hydrogen) atoms. The summed E-state index contributed by atoms with van der Waals surface area (Å²) >= 11 is 0. The molecule has 1 heterocycles. The second-order valence-electron chi connectivity index (χ2n) is 5.44. The molecule has 0 aliphatic carbocycles. The van der Waals surface area contributed by atoms with Crippen molar-refractivity contribution in [3.8, 4) is 11.3 Å². The van der Waals surface area contributed by atoms with Gasteiger partial charge in [0.2, 0.25) is 0 Å². The van der Waals surface area contributed by atoms with E-state index in [9.17, 15) is 0 Å². The van der Waals surface area contributed by atoms with E-state index in [0.717, 1.165) is 11.1 Å². The van der Waals surface area contributed by atoms with Gasteiger partial charge in [0.25, 0.3) is 0 Å². The van der Waals surface area contributed by atoms with Gasteiger partial charge in [0, 0.05) is 20.0 Å². The van der Waals surface area contributed by atoms with Crippen LogP contribution in [0.1, 0.15) is 45.7 Å². The van der Waals surface area contributed by atoms with E-state index in [2.05, 4.69) is 4.98 Å². The Labute approximate surface area is 118 Å². The molecule has 0 unspecified atom stereocenters. The van der Waals surface area contributed by atoms with E-state index < -0.39 is 13.7 Å². The minimum atomic E-state index is -2.19. The molecule has 1 aromatic heterocycles. The van der Waals surface area contributed by atoms with Crippen molar-refractivity contribution in [3.05, 3.63) is 53.2 Å². The van der Waals surface area contributed by atoms with Crippen LogP contribution in [0, 0.1) is 13.7 Å². The molecule has 0 bridgehead atoms. The lowest BCUT2D eigenvalue weighted by molar-refractivity contribution is 0.586. The van der Waals surface area contributed by atoms with Crippen molar-refractivity contribution >= 4 is 0 Å². The Balaban J connectivity index is 2.53. The minimum Gasteiger partial charge on any atom is -0.256 e. The maximum Gasteiger partial charge on any atom is 0.0702 e. The Hall–Kier alpha value is -1.63. The summed E-state index contributed by atoms with van der Waals surface area (Å²) in [5.74, 6) is 0. The molecule has 0 atom stereocenters. The number of aromatic nitrogens is 1. The lowest BCUT2D eigenvalue weighted by Gasteiger charge is -2.22. The SMILES string of the molecule is [2H]C([2H])([2H])c1ccc(-c2ccc(C([2H])([2H])[2H])c(C(C)(C)C)c2)nc1. The molecule has 94 valence electrons. The van der Waals surface area contributed by atoms with E-state index in [1.807, 2.05) is 26.8 Å². The second-order valence-corrected chi connectivity index (χ2v) is 5.44. The molecule has 0 fully saturated rings. The van der Waals surface area contributed by atoms with Gasteiger partial charge in [-0.1, -0.05) is 39.0 Å². The summed E-state index contributed by atoms with van der Waals surface area (Å²) in [5.41, 5.74) is 2.30. The van der Waals surface area contributed by atoms with Crippen LogP contribution in [0.2, 0.25) is 0 Å². The number of benzene rings is 1. The Morgan fingerprint density at radius 3 is 2.44 bits per heavy atom. The average molecular weight is 245 g/mol. The highest BCUT2D eigenvalue weighted by molar-refractivity contribution is 5.61. The van der Waals surface area contributed by atoms with E-state index in [1.165, 1.54) is 12.3 Å². The molecule has 2 rings (SSSR count). The number of aryl methyl sites for hydroxylation is 2. The van der Waals surface area contributed by atoms with E-state index in [-0.39, 0.29) is 11.0 Å². The van der Waals surface area contributed by atoms with Crippen LogP contribution in [-0.2, 0) is 5.41 Å². The van der Waals surface area contributed by atoms with Crippen molar-refractivity contribution in [1.29, 1.82) is 0 Å². The number of pyridine rings is 1. The molecule has 0 N–H and O–H groups in total. The summed E-state index contributed by atoms with van der Waals surface area (Å²) < 4.78 is 45.3. The minimum absolute atomic E-state index is 0.182. The highest BCUT2D eigenvalue weighted by Gasteiger charge is 2.17. The quantitative estimate of drug-likeness (QED) is 0.712. The first kappa shape index (κ1) is 7.08. The van der Waals surface area contributed by atoms with Crippen LogP contribution in [0.5, 0.6) is 0 Å². The van der Waals surface area contributed by atoms with Gasteiger partial charge in [0.15, 0.2) is 0 Å². The molecule has 0 saturated carbocycles. The van der Waals surface area contributed by atoms with Crippen molar-refractivity contribution in [2.24, 2.45) is 0 Å². The summed E-state index contributed by atoms with van der Waals surface area (Å²) in [4.78, 5) is 4.23. The smallest absolute Gasteiger partial charge is 0.0702 e. The summed E-state index contributed by atoms with van der Waals surface area (Å²) in [7, 11) is 0. The molecule has 0 amide bonds. The van der Waals surface area contributed by atoms with Crippen LogP contribution in [0.15, 0.2) is 36.5 Å². The van der Waals surface area contributed by atoms with Gasteiger partial charge in [-0.15, -0.1) is 0 Å². The number of hydrogen-bond acceptors (Lipinski definition) is 1. The second kappa shape index (κ2) is 4.56. The van der Waals surface area contributed by atoms with E-state index >= 15 is 0 Å². The molecule has 0 aliphatic heterocycles. The fraction of sp³-hybridized carbons (Fsp3) is 0.353.